The van der Waals surface area contributed by atoms with Crippen LogP contribution in [0, 0.1) is 6.92 Å². The Hall–Kier alpha value is -0.840. The Morgan fingerprint density at radius 1 is 1.24 bits per heavy atom. The van der Waals surface area contributed by atoms with Crippen LogP contribution in [0.4, 0.5) is 0 Å². The van der Waals surface area contributed by atoms with Crippen LogP contribution in [-0.4, -0.2) is 48.6 Å². The molecule has 1 saturated heterocycles. The Morgan fingerprint density at radius 2 is 2.00 bits per heavy atom. The molecule has 1 N–H and O–H groups in total. The summed E-state index contributed by atoms with van der Waals surface area (Å²) in [4.78, 5) is 5.18. The fraction of sp³-hybridized carbons (Fsp3) is 0.765. The Balaban J connectivity index is 1.47. The molecule has 1 aliphatic heterocycles. The summed E-state index contributed by atoms with van der Waals surface area (Å²) in [7, 11) is 0. The Bertz CT molecular complexity index is 445. The van der Waals surface area contributed by atoms with Gasteiger partial charge >= 0.3 is 0 Å². The quantitative estimate of drug-likeness (QED) is 0.782. The molecule has 21 heavy (non-hydrogen) atoms. The van der Waals surface area contributed by atoms with Gasteiger partial charge in [0.05, 0.1) is 13.1 Å². The van der Waals surface area contributed by atoms with Crippen molar-refractivity contribution >= 4 is 0 Å². The zero-order valence-corrected chi connectivity index (χ0v) is 13.5. The van der Waals surface area contributed by atoms with E-state index in [1.54, 1.807) is 0 Å². The van der Waals surface area contributed by atoms with Crippen LogP contribution in [0.5, 0.6) is 0 Å². The summed E-state index contributed by atoms with van der Waals surface area (Å²) in [5, 5.41) is 3.42. The predicted molar refractivity (Wildman–Crippen MR) is 85.3 cm³/mol. The first kappa shape index (κ1) is 15.1. The van der Waals surface area contributed by atoms with Crippen LogP contribution >= 0.6 is 0 Å². The maximum Gasteiger partial charge on any atom is 0.120 e. The van der Waals surface area contributed by atoms with Crippen LogP contribution in [0.3, 0.4) is 0 Å². The molecule has 0 unspecified atom stereocenters. The minimum atomic E-state index is 0.856. The molecule has 2 heterocycles. The van der Waals surface area contributed by atoms with Crippen molar-refractivity contribution in [3.63, 3.8) is 0 Å². The van der Waals surface area contributed by atoms with Gasteiger partial charge in [0.2, 0.25) is 0 Å². The van der Waals surface area contributed by atoms with Crippen molar-refractivity contribution in [1.29, 1.82) is 0 Å². The van der Waals surface area contributed by atoms with Gasteiger partial charge in [0, 0.05) is 32.2 Å². The van der Waals surface area contributed by atoms with Gasteiger partial charge in [0.25, 0.3) is 0 Å². The standard InChI is InChI=1S/C17H29N3O/c1-3-6-18-12-17-14(2)11-16(21-17)13-19-7-9-20(10-8-19)15-4-5-15/h11,15,18H,3-10,12-13H2,1-2H3. The van der Waals surface area contributed by atoms with Crippen molar-refractivity contribution in [2.24, 2.45) is 0 Å². The largest absolute Gasteiger partial charge is 0.463 e. The van der Waals surface area contributed by atoms with Gasteiger partial charge in [-0.3, -0.25) is 9.80 Å². The van der Waals surface area contributed by atoms with Crippen molar-refractivity contribution in [2.75, 3.05) is 32.7 Å². The highest BCUT2D eigenvalue weighted by atomic mass is 16.3. The van der Waals surface area contributed by atoms with Gasteiger partial charge in [-0.15, -0.1) is 0 Å². The third-order valence-corrected chi connectivity index (χ3v) is 4.63. The lowest BCUT2D eigenvalue weighted by Gasteiger charge is -2.34. The molecule has 0 radical (unpaired) electrons. The average molecular weight is 291 g/mol. The normalized spacial score (nSPS) is 21.0. The summed E-state index contributed by atoms with van der Waals surface area (Å²) in [6.45, 7) is 12.0. The van der Waals surface area contributed by atoms with Crippen molar-refractivity contribution < 1.29 is 4.42 Å². The Morgan fingerprint density at radius 3 is 2.67 bits per heavy atom. The lowest BCUT2D eigenvalue weighted by Crippen LogP contribution is -2.46. The number of nitrogens with zero attached hydrogens (tertiary/aromatic N) is 2. The van der Waals surface area contributed by atoms with Gasteiger partial charge < -0.3 is 9.73 Å². The van der Waals surface area contributed by atoms with Crippen LogP contribution in [0.1, 0.15) is 43.3 Å². The summed E-state index contributed by atoms with van der Waals surface area (Å²) in [6.07, 6.45) is 4.01. The van der Waals surface area contributed by atoms with Crippen molar-refractivity contribution in [1.82, 2.24) is 15.1 Å². The van der Waals surface area contributed by atoms with E-state index in [9.17, 15) is 0 Å². The van der Waals surface area contributed by atoms with Gasteiger partial charge in [0.1, 0.15) is 11.5 Å². The number of aryl methyl sites for hydroxylation is 1. The molecule has 4 heteroatoms. The fourth-order valence-electron chi connectivity index (χ4n) is 3.17. The summed E-state index contributed by atoms with van der Waals surface area (Å²) in [5.41, 5.74) is 1.28. The molecular formula is C17H29N3O. The predicted octanol–water partition coefficient (Wildman–Crippen LogP) is 2.37. The highest BCUT2D eigenvalue weighted by molar-refractivity contribution is 5.20. The Labute approximate surface area is 128 Å². The molecule has 0 spiro atoms. The first-order valence-electron chi connectivity index (χ1n) is 8.51. The summed E-state index contributed by atoms with van der Waals surface area (Å²) in [6, 6.07) is 3.13. The van der Waals surface area contributed by atoms with Gasteiger partial charge in [-0.25, -0.2) is 0 Å². The maximum absolute atomic E-state index is 6.03. The van der Waals surface area contributed by atoms with Gasteiger partial charge in [-0.2, -0.15) is 0 Å². The van der Waals surface area contributed by atoms with Crippen LogP contribution in [-0.2, 0) is 13.1 Å². The fourth-order valence-corrected chi connectivity index (χ4v) is 3.17. The molecule has 0 atom stereocenters. The molecule has 4 nitrogen and oxygen atoms in total. The molecule has 0 bridgehead atoms. The number of hydrogen-bond acceptors (Lipinski definition) is 4. The summed E-state index contributed by atoms with van der Waals surface area (Å²) >= 11 is 0. The van der Waals surface area contributed by atoms with Crippen molar-refractivity contribution in [2.45, 2.75) is 52.2 Å². The molecule has 1 aliphatic carbocycles. The van der Waals surface area contributed by atoms with E-state index >= 15 is 0 Å². The monoisotopic (exact) mass is 291 g/mol. The van der Waals surface area contributed by atoms with E-state index in [0.717, 1.165) is 43.6 Å². The SMILES string of the molecule is CCCNCc1oc(CN2CCN(C3CC3)CC2)cc1C. The molecule has 2 aliphatic rings. The number of hydrogen-bond donors (Lipinski definition) is 1. The summed E-state index contributed by atoms with van der Waals surface area (Å²) < 4.78 is 6.03. The van der Waals surface area contributed by atoms with Crippen LogP contribution in [0.2, 0.25) is 0 Å². The number of piperazine rings is 1. The zero-order valence-electron chi connectivity index (χ0n) is 13.5. The van der Waals surface area contributed by atoms with Crippen LogP contribution in [0.25, 0.3) is 0 Å². The third kappa shape index (κ3) is 4.09. The first-order chi connectivity index (χ1) is 10.3. The smallest absolute Gasteiger partial charge is 0.120 e. The van der Waals surface area contributed by atoms with Crippen molar-refractivity contribution in [3.8, 4) is 0 Å². The molecule has 1 aromatic heterocycles. The molecule has 3 rings (SSSR count). The Kier molecular flexibility index (Phi) is 4.99. The first-order valence-corrected chi connectivity index (χ1v) is 8.51. The lowest BCUT2D eigenvalue weighted by molar-refractivity contribution is 0.115. The van der Waals surface area contributed by atoms with E-state index in [1.165, 1.54) is 44.6 Å². The number of furan rings is 1. The highest BCUT2D eigenvalue weighted by Gasteiger charge is 2.31. The molecule has 0 amide bonds. The minimum Gasteiger partial charge on any atom is -0.463 e. The maximum atomic E-state index is 6.03. The van der Waals surface area contributed by atoms with E-state index in [-0.39, 0.29) is 0 Å². The molecule has 0 aromatic carbocycles. The second kappa shape index (κ2) is 6.95. The van der Waals surface area contributed by atoms with Crippen molar-refractivity contribution in [3.05, 3.63) is 23.2 Å². The van der Waals surface area contributed by atoms with Crippen LogP contribution < -0.4 is 5.32 Å². The molecule has 2 fully saturated rings. The van der Waals surface area contributed by atoms with E-state index < -0.39 is 0 Å². The van der Waals surface area contributed by atoms with Gasteiger partial charge in [0.15, 0.2) is 0 Å². The highest BCUT2D eigenvalue weighted by Crippen LogP contribution is 2.27. The molecule has 1 aromatic rings. The molecular weight excluding hydrogens is 262 g/mol. The number of nitrogens with one attached hydrogen (secondary N) is 1. The third-order valence-electron chi connectivity index (χ3n) is 4.63. The van der Waals surface area contributed by atoms with Gasteiger partial charge in [-0.05, 0) is 44.4 Å². The number of rotatable bonds is 7. The van der Waals surface area contributed by atoms with E-state index in [2.05, 4.69) is 35.0 Å². The van der Waals surface area contributed by atoms with Crippen LogP contribution in [0.15, 0.2) is 10.5 Å². The molecule has 118 valence electrons. The second-order valence-electron chi connectivity index (χ2n) is 6.54. The second-order valence-corrected chi connectivity index (χ2v) is 6.54. The average Bonchev–Trinajstić information content (AvgIpc) is 3.26. The van der Waals surface area contributed by atoms with Gasteiger partial charge in [-0.1, -0.05) is 6.92 Å². The minimum absolute atomic E-state index is 0.856. The zero-order chi connectivity index (χ0) is 14.7. The topological polar surface area (TPSA) is 31.7 Å². The van der Waals surface area contributed by atoms with E-state index in [1.807, 2.05) is 0 Å². The summed E-state index contributed by atoms with van der Waals surface area (Å²) in [5.74, 6) is 2.23. The molecule has 1 saturated carbocycles. The lowest BCUT2D eigenvalue weighted by atomic mass is 10.2. The van der Waals surface area contributed by atoms with E-state index in [0.29, 0.717) is 0 Å². The van der Waals surface area contributed by atoms with E-state index in [4.69, 9.17) is 4.42 Å².